The van der Waals surface area contributed by atoms with Gasteiger partial charge in [-0.05, 0) is 22.3 Å². The summed E-state index contributed by atoms with van der Waals surface area (Å²) in [5.41, 5.74) is 6.49. The molecule has 1 aliphatic carbocycles. The molecule has 3 aromatic rings. The summed E-state index contributed by atoms with van der Waals surface area (Å²) in [7, 11) is 0. The lowest BCUT2D eigenvalue weighted by atomic mass is 9.79. The van der Waals surface area contributed by atoms with Gasteiger partial charge in [-0.3, -0.25) is 19.7 Å². The topological polar surface area (TPSA) is 133 Å². The molecular weight excluding hydrogens is 412 g/mol. The number of rotatable bonds is 7. The molecule has 0 heterocycles. The van der Waals surface area contributed by atoms with E-state index in [4.69, 9.17) is 10.5 Å². The summed E-state index contributed by atoms with van der Waals surface area (Å²) in [6, 6.07) is 20.6. The maximum Gasteiger partial charge on any atom is 0.329 e. The van der Waals surface area contributed by atoms with Gasteiger partial charge in [-0.15, -0.1) is 0 Å². The number of carbonyl (C=O) groups excluding carboxylic acids is 1. The maximum absolute atomic E-state index is 13.2. The highest BCUT2D eigenvalue weighted by Crippen LogP contribution is 2.45. The van der Waals surface area contributed by atoms with Gasteiger partial charge in [-0.1, -0.05) is 66.7 Å². The third-order valence-electron chi connectivity index (χ3n) is 5.92. The minimum Gasteiger partial charge on any atom is -0.480 e. The van der Waals surface area contributed by atoms with E-state index in [1.54, 1.807) is 0 Å². The van der Waals surface area contributed by atoms with E-state index in [0.29, 0.717) is 0 Å². The number of nitrogens with two attached hydrogens (primary N) is 1. The third-order valence-corrected chi connectivity index (χ3v) is 5.92. The minimum absolute atomic E-state index is 0.122. The zero-order valence-corrected chi connectivity index (χ0v) is 16.9. The van der Waals surface area contributed by atoms with Crippen molar-refractivity contribution >= 4 is 17.6 Å². The maximum atomic E-state index is 13.2. The highest BCUT2D eigenvalue weighted by Gasteiger charge is 2.52. The van der Waals surface area contributed by atoms with Crippen LogP contribution in [-0.2, 0) is 19.7 Å². The van der Waals surface area contributed by atoms with Crippen LogP contribution in [0.25, 0.3) is 11.1 Å². The van der Waals surface area contributed by atoms with E-state index in [1.807, 2.05) is 48.5 Å². The van der Waals surface area contributed by atoms with E-state index < -0.39 is 34.5 Å². The molecule has 0 radical (unpaired) electrons. The van der Waals surface area contributed by atoms with Crippen LogP contribution in [0.2, 0.25) is 0 Å². The van der Waals surface area contributed by atoms with E-state index in [-0.39, 0.29) is 18.1 Å². The van der Waals surface area contributed by atoms with Crippen molar-refractivity contribution in [2.75, 3.05) is 13.2 Å². The lowest BCUT2D eigenvalue weighted by molar-refractivity contribution is -0.386. The second kappa shape index (κ2) is 8.24. The van der Waals surface area contributed by atoms with Gasteiger partial charge in [0.25, 0.3) is 5.69 Å². The molecule has 8 nitrogen and oxygen atoms in total. The summed E-state index contributed by atoms with van der Waals surface area (Å²) < 4.78 is 5.52. The number of aliphatic carboxylic acids is 1. The second-order valence-electron chi connectivity index (χ2n) is 7.51. The van der Waals surface area contributed by atoms with Gasteiger partial charge >= 0.3 is 11.9 Å². The first-order chi connectivity index (χ1) is 15.4. The van der Waals surface area contributed by atoms with Gasteiger partial charge in [0.05, 0.1) is 10.5 Å². The summed E-state index contributed by atoms with van der Waals surface area (Å²) in [5, 5.41) is 21.4. The molecule has 0 saturated heterocycles. The first kappa shape index (κ1) is 21.2. The zero-order chi connectivity index (χ0) is 22.9. The summed E-state index contributed by atoms with van der Waals surface area (Å²) in [5.74, 6) is -3.03. The summed E-state index contributed by atoms with van der Waals surface area (Å²) in [4.78, 5) is 36.2. The molecule has 8 heteroatoms. The molecule has 162 valence electrons. The van der Waals surface area contributed by atoms with E-state index in [0.717, 1.165) is 28.3 Å². The third kappa shape index (κ3) is 3.21. The van der Waals surface area contributed by atoms with Crippen LogP contribution in [-0.4, -0.2) is 35.1 Å². The number of hydrogen-bond acceptors (Lipinski definition) is 6. The average molecular weight is 432 g/mol. The largest absolute Gasteiger partial charge is 0.480 e. The van der Waals surface area contributed by atoms with Crippen LogP contribution in [0.15, 0.2) is 72.8 Å². The first-order valence-electron chi connectivity index (χ1n) is 9.94. The lowest BCUT2D eigenvalue weighted by Crippen LogP contribution is -2.51. The van der Waals surface area contributed by atoms with E-state index in [9.17, 15) is 24.8 Å². The van der Waals surface area contributed by atoms with Gasteiger partial charge in [0, 0.05) is 18.5 Å². The van der Waals surface area contributed by atoms with Crippen molar-refractivity contribution in [3.8, 4) is 11.1 Å². The predicted octanol–water partition coefficient (Wildman–Crippen LogP) is 3.23. The molecular formula is C24H20N2O6. The van der Waals surface area contributed by atoms with Gasteiger partial charge in [-0.25, -0.2) is 0 Å². The number of benzene rings is 3. The Morgan fingerprint density at radius 3 is 2.03 bits per heavy atom. The van der Waals surface area contributed by atoms with E-state index >= 15 is 0 Å². The Morgan fingerprint density at radius 2 is 1.50 bits per heavy atom. The van der Waals surface area contributed by atoms with Gasteiger partial charge < -0.3 is 15.6 Å². The fourth-order valence-electron chi connectivity index (χ4n) is 4.31. The van der Waals surface area contributed by atoms with Crippen molar-refractivity contribution in [3.63, 3.8) is 0 Å². The van der Waals surface area contributed by atoms with Gasteiger partial charge in [-0.2, -0.15) is 0 Å². The molecule has 32 heavy (non-hydrogen) atoms. The molecule has 3 aromatic carbocycles. The Labute approximate surface area is 183 Å². The quantitative estimate of drug-likeness (QED) is 0.253. The molecule has 0 spiro atoms. The zero-order valence-electron chi connectivity index (χ0n) is 16.9. The molecule has 0 saturated carbocycles. The van der Waals surface area contributed by atoms with Crippen LogP contribution in [0.3, 0.4) is 0 Å². The SMILES string of the molecule is NCC(C(=O)O)(C(=O)OCC1c2ccccc2-c2ccccc21)c1ccccc1[N+](=O)[O-]. The van der Waals surface area contributed by atoms with Crippen molar-refractivity contribution in [1.29, 1.82) is 0 Å². The second-order valence-corrected chi connectivity index (χ2v) is 7.51. The fraction of sp³-hybridized carbons (Fsp3) is 0.167. The Kier molecular flexibility index (Phi) is 5.46. The van der Waals surface area contributed by atoms with Gasteiger partial charge in [0.15, 0.2) is 0 Å². The number of fused-ring (bicyclic) bond motifs is 3. The number of carboxylic acid groups (broad SMARTS) is 1. The van der Waals surface area contributed by atoms with Gasteiger partial charge in [0.1, 0.15) is 6.61 Å². The average Bonchev–Trinajstić information content (AvgIpc) is 3.12. The Balaban J connectivity index is 1.70. The van der Waals surface area contributed by atoms with Crippen LogP contribution in [0.4, 0.5) is 5.69 Å². The molecule has 0 aromatic heterocycles. The molecule has 0 aliphatic heterocycles. The fourth-order valence-corrected chi connectivity index (χ4v) is 4.31. The Bertz CT molecular complexity index is 1180. The Hall–Kier alpha value is -4.04. The molecule has 1 unspecified atom stereocenters. The monoisotopic (exact) mass is 432 g/mol. The number of ether oxygens (including phenoxy) is 1. The number of nitro benzene ring substituents is 1. The molecule has 0 fully saturated rings. The van der Waals surface area contributed by atoms with E-state index in [2.05, 4.69) is 0 Å². The van der Waals surface area contributed by atoms with Crippen LogP contribution >= 0.6 is 0 Å². The highest BCUT2D eigenvalue weighted by atomic mass is 16.6. The number of carbonyl (C=O) groups is 2. The van der Waals surface area contributed by atoms with Crippen molar-refractivity contribution in [2.24, 2.45) is 5.73 Å². The van der Waals surface area contributed by atoms with Crippen LogP contribution in [0, 0.1) is 10.1 Å². The minimum atomic E-state index is -2.40. The lowest BCUT2D eigenvalue weighted by Gasteiger charge is -2.26. The molecule has 1 atom stereocenters. The predicted molar refractivity (Wildman–Crippen MR) is 116 cm³/mol. The van der Waals surface area contributed by atoms with Crippen molar-refractivity contribution in [1.82, 2.24) is 0 Å². The summed E-state index contributed by atoms with van der Waals surface area (Å²) in [6.07, 6.45) is 0. The number of para-hydroxylation sites is 1. The summed E-state index contributed by atoms with van der Waals surface area (Å²) >= 11 is 0. The highest BCUT2D eigenvalue weighted by molar-refractivity contribution is 6.07. The van der Waals surface area contributed by atoms with Crippen molar-refractivity contribution < 1.29 is 24.4 Å². The smallest absolute Gasteiger partial charge is 0.329 e. The van der Waals surface area contributed by atoms with Crippen LogP contribution in [0.5, 0.6) is 0 Å². The van der Waals surface area contributed by atoms with Crippen LogP contribution in [0.1, 0.15) is 22.6 Å². The van der Waals surface area contributed by atoms with Crippen LogP contribution < -0.4 is 5.73 Å². The Morgan fingerprint density at radius 1 is 0.969 bits per heavy atom. The molecule has 0 amide bonds. The first-order valence-corrected chi connectivity index (χ1v) is 9.94. The summed E-state index contributed by atoms with van der Waals surface area (Å²) in [6.45, 7) is -0.813. The molecule has 1 aliphatic rings. The molecule has 4 rings (SSSR count). The van der Waals surface area contributed by atoms with Crippen molar-refractivity contribution in [3.05, 3.63) is 99.6 Å². The number of nitrogens with zero attached hydrogens (tertiary/aromatic N) is 1. The molecule has 0 bridgehead atoms. The number of carboxylic acids is 1. The number of hydrogen-bond donors (Lipinski definition) is 2. The van der Waals surface area contributed by atoms with Crippen molar-refractivity contribution in [2.45, 2.75) is 11.3 Å². The standard InChI is InChI=1S/C24H20N2O6/c25-14-24(22(27)28,20-11-5-6-12-21(20)26(30)31)23(29)32-13-19-17-9-3-1-7-15(17)16-8-2-4-10-18(16)19/h1-12,19H,13-14,25H2,(H,27,28). The normalized spacial score (nSPS) is 14.2. The number of esters is 1. The van der Waals surface area contributed by atoms with Gasteiger partial charge in [0.2, 0.25) is 5.41 Å². The number of nitro groups is 1. The van der Waals surface area contributed by atoms with E-state index in [1.165, 1.54) is 18.2 Å². The molecule has 3 N–H and O–H groups in total.